The summed E-state index contributed by atoms with van der Waals surface area (Å²) < 4.78 is 13.7. The van der Waals surface area contributed by atoms with Crippen LogP contribution in [0.4, 0.5) is 10.1 Å². The number of anilines is 1. The van der Waals surface area contributed by atoms with E-state index in [1.165, 1.54) is 22.2 Å². The zero-order chi connectivity index (χ0) is 27.0. The molecule has 0 aliphatic carbocycles. The summed E-state index contributed by atoms with van der Waals surface area (Å²) in [5, 5.41) is 8.87. The highest BCUT2D eigenvalue weighted by molar-refractivity contribution is 6.30. The first kappa shape index (κ1) is 25.4. The second kappa shape index (κ2) is 10.2. The molecule has 2 aliphatic rings. The average Bonchev–Trinajstić information content (AvgIpc) is 3.23. The summed E-state index contributed by atoms with van der Waals surface area (Å²) in [6.07, 6.45) is 2.51. The minimum atomic E-state index is -0.309. The van der Waals surface area contributed by atoms with Gasteiger partial charge in [0.25, 0.3) is 11.8 Å². The summed E-state index contributed by atoms with van der Waals surface area (Å²) in [6.45, 7) is 9.64. The quantitative estimate of drug-likeness (QED) is 0.478. The van der Waals surface area contributed by atoms with E-state index in [9.17, 15) is 14.0 Å². The molecule has 0 bridgehead atoms. The first-order valence-electron chi connectivity index (χ1n) is 12.8. The van der Waals surface area contributed by atoms with Gasteiger partial charge < -0.3 is 10.2 Å². The van der Waals surface area contributed by atoms with Crippen molar-refractivity contribution in [2.75, 3.05) is 11.6 Å². The summed E-state index contributed by atoms with van der Waals surface area (Å²) in [7, 11) is 0. The predicted molar refractivity (Wildman–Crippen MR) is 147 cm³/mol. The predicted octanol–water partition coefficient (Wildman–Crippen LogP) is 5.48. The number of carbonyl (C=O) groups is 2. The molecule has 0 saturated heterocycles. The van der Waals surface area contributed by atoms with Gasteiger partial charge in [-0.15, -0.1) is 0 Å². The molecule has 3 aromatic rings. The van der Waals surface area contributed by atoms with E-state index in [0.29, 0.717) is 41.9 Å². The lowest BCUT2D eigenvalue weighted by molar-refractivity contribution is -0.114. The molecule has 7 heteroatoms. The van der Waals surface area contributed by atoms with E-state index in [2.05, 4.69) is 41.3 Å². The van der Waals surface area contributed by atoms with Crippen molar-refractivity contribution < 1.29 is 14.0 Å². The maximum atomic E-state index is 13.7. The SMILES string of the molecule is Cc1ccc(CNC(=O)c2ccc(CN3C=C4C(=O)N(c5ccc(F)c(C)c5)N=C4CC3)c(C)c2)cc1C. The summed E-state index contributed by atoms with van der Waals surface area (Å²) in [4.78, 5) is 28.0. The standard InChI is InChI=1S/C31H31FN4O2/c1-19-5-6-23(13-20(19)2)16-33-30(37)24-7-8-25(21(3)14-24)17-35-12-11-29-27(18-35)31(38)36(34-29)26-9-10-28(32)22(4)15-26/h5-10,13-15,18H,11-12,16-17H2,1-4H3,(H,33,37). The molecule has 38 heavy (non-hydrogen) atoms. The molecular weight excluding hydrogens is 479 g/mol. The molecule has 2 amide bonds. The number of hydrazone groups is 1. The van der Waals surface area contributed by atoms with Gasteiger partial charge in [0.15, 0.2) is 0 Å². The van der Waals surface area contributed by atoms with Crippen molar-refractivity contribution in [2.45, 2.75) is 47.2 Å². The normalized spacial score (nSPS) is 14.8. The topological polar surface area (TPSA) is 65.0 Å². The van der Waals surface area contributed by atoms with E-state index >= 15 is 0 Å². The monoisotopic (exact) mass is 510 g/mol. The van der Waals surface area contributed by atoms with Crippen LogP contribution in [0.2, 0.25) is 0 Å². The van der Waals surface area contributed by atoms with Gasteiger partial charge in [0.1, 0.15) is 5.82 Å². The number of amides is 2. The molecule has 2 aliphatic heterocycles. The van der Waals surface area contributed by atoms with E-state index in [0.717, 1.165) is 28.9 Å². The van der Waals surface area contributed by atoms with E-state index in [4.69, 9.17) is 0 Å². The molecule has 194 valence electrons. The highest BCUT2D eigenvalue weighted by Gasteiger charge is 2.34. The van der Waals surface area contributed by atoms with Gasteiger partial charge in [0.2, 0.25) is 0 Å². The summed E-state index contributed by atoms with van der Waals surface area (Å²) in [6, 6.07) is 16.5. The Morgan fingerprint density at radius 3 is 2.50 bits per heavy atom. The van der Waals surface area contributed by atoms with Crippen LogP contribution < -0.4 is 10.3 Å². The summed E-state index contributed by atoms with van der Waals surface area (Å²) in [5.41, 5.74) is 8.59. The molecule has 2 heterocycles. The average molecular weight is 511 g/mol. The molecule has 0 radical (unpaired) electrons. The lowest BCUT2D eigenvalue weighted by atomic mass is 10.0. The van der Waals surface area contributed by atoms with Gasteiger partial charge in [-0.2, -0.15) is 10.1 Å². The van der Waals surface area contributed by atoms with E-state index in [1.54, 1.807) is 19.1 Å². The molecule has 0 aromatic heterocycles. The third-order valence-corrected chi connectivity index (χ3v) is 7.29. The van der Waals surface area contributed by atoms with Crippen molar-refractivity contribution in [1.29, 1.82) is 0 Å². The maximum Gasteiger partial charge on any atom is 0.282 e. The minimum Gasteiger partial charge on any atom is -0.372 e. The largest absolute Gasteiger partial charge is 0.372 e. The Kier molecular flexibility index (Phi) is 6.85. The van der Waals surface area contributed by atoms with Crippen LogP contribution in [-0.4, -0.2) is 29.0 Å². The van der Waals surface area contributed by atoms with Crippen LogP contribution in [0.15, 0.2) is 71.5 Å². The van der Waals surface area contributed by atoms with Gasteiger partial charge in [0.05, 0.1) is 17.0 Å². The fraction of sp³-hybridized carbons (Fsp3) is 0.258. The number of rotatable bonds is 6. The number of nitrogens with one attached hydrogen (secondary N) is 1. The van der Waals surface area contributed by atoms with Crippen LogP contribution in [0.3, 0.4) is 0 Å². The van der Waals surface area contributed by atoms with Crippen molar-refractivity contribution in [3.8, 4) is 0 Å². The van der Waals surface area contributed by atoms with Gasteiger partial charge in [-0.25, -0.2) is 4.39 Å². The number of nitrogens with zero attached hydrogens (tertiary/aromatic N) is 3. The van der Waals surface area contributed by atoms with Crippen molar-refractivity contribution >= 4 is 23.2 Å². The number of hydrogen-bond donors (Lipinski definition) is 1. The van der Waals surface area contributed by atoms with Crippen LogP contribution in [0.5, 0.6) is 0 Å². The summed E-state index contributed by atoms with van der Waals surface area (Å²) >= 11 is 0. The third kappa shape index (κ3) is 5.09. The van der Waals surface area contributed by atoms with Crippen LogP contribution in [-0.2, 0) is 17.9 Å². The van der Waals surface area contributed by atoms with Crippen LogP contribution in [0, 0.1) is 33.5 Å². The number of halogens is 1. The maximum absolute atomic E-state index is 13.7. The fourth-order valence-electron chi connectivity index (χ4n) is 4.76. The van der Waals surface area contributed by atoms with Crippen LogP contribution in [0.1, 0.15) is 50.2 Å². The lowest BCUT2D eigenvalue weighted by Crippen LogP contribution is -2.29. The third-order valence-electron chi connectivity index (χ3n) is 7.29. The lowest BCUT2D eigenvalue weighted by Gasteiger charge is -2.26. The molecule has 0 spiro atoms. The second-order valence-corrected chi connectivity index (χ2v) is 10.1. The molecule has 5 rings (SSSR count). The molecule has 0 atom stereocenters. The van der Waals surface area contributed by atoms with Crippen molar-refractivity contribution in [3.63, 3.8) is 0 Å². The van der Waals surface area contributed by atoms with Crippen LogP contribution in [0.25, 0.3) is 0 Å². The highest BCUT2D eigenvalue weighted by atomic mass is 19.1. The van der Waals surface area contributed by atoms with Gasteiger partial charge in [0, 0.05) is 37.8 Å². The highest BCUT2D eigenvalue weighted by Crippen LogP contribution is 2.29. The van der Waals surface area contributed by atoms with Crippen molar-refractivity contribution in [1.82, 2.24) is 10.2 Å². The number of benzene rings is 3. The molecule has 0 fully saturated rings. The Morgan fingerprint density at radius 1 is 0.947 bits per heavy atom. The molecule has 1 N–H and O–H groups in total. The zero-order valence-electron chi connectivity index (χ0n) is 22.1. The van der Waals surface area contributed by atoms with E-state index in [-0.39, 0.29) is 17.6 Å². The Hall–Kier alpha value is -4.26. The first-order valence-corrected chi connectivity index (χ1v) is 12.8. The Balaban J connectivity index is 1.24. The number of hydrogen-bond acceptors (Lipinski definition) is 4. The van der Waals surface area contributed by atoms with Crippen molar-refractivity contribution in [3.05, 3.63) is 111 Å². The first-order chi connectivity index (χ1) is 18.2. The zero-order valence-corrected chi connectivity index (χ0v) is 22.1. The van der Waals surface area contributed by atoms with Gasteiger partial charge in [-0.3, -0.25) is 9.59 Å². The fourth-order valence-corrected chi connectivity index (χ4v) is 4.76. The number of fused-ring (bicyclic) bond motifs is 1. The molecule has 3 aromatic carbocycles. The molecule has 6 nitrogen and oxygen atoms in total. The Labute approximate surface area is 222 Å². The Morgan fingerprint density at radius 2 is 1.76 bits per heavy atom. The number of aryl methyl sites for hydroxylation is 4. The molecule has 0 saturated carbocycles. The Bertz CT molecular complexity index is 1510. The summed E-state index contributed by atoms with van der Waals surface area (Å²) in [5.74, 6) is -0.620. The molecule has 0 unspecified atom stereocenters. The van der Waals surface area contributed by atoms with E-state index in [1.807, 2.05) is 37.4 Å². The van der Waals surface area contributed by atoms with Crippen LogP contribution >= 0.6 is 0 Å². The molecular formula is C31H31FN4O2. The van der Waals surface area contributed by atoms with Crippen molar-refractivity contribution in [2.24, 2.45) is 5.10 Å². The minimum absolute atomic E-state index is 0.105. The van der Waals surface area contributed by atoms with Gasteiger partial charge in [-0.05, 0) is 91.4 Å². The van der Waals surface area contributed by atoms with E-state index < -0.39 is 0 Å². The smallest absolute Gasteiger partial charge is 0.282 e. The number of carbonyl (C=O) groups excluding carboxylic acids is 2. The van der Waals surface area contributed by atoms with Gasteiger partial charge in [-0.1, -0.05) is 24.3 Å². The van der Waals surface area contributed by atoms with Gasteiger partial charge >= 0.3 is 0 Å². The second-order valence-electron chi connectivity index (χ2n) is 10.1.